The van der Waals surface area contributed by atoms with Gasteiger partial charge >= 0.3 is 11.9 Å². The Bertz CT molecular complexity index is 1740. The molecule has 47 heavy (non-hydrogen) atoms. The van der Waals surface area contributed by atoms with Gasteiger partial charge in [-0.05, 0) is 0 Å². The quantitative estimate of drug-likeness (QED) is 0.0582. The number of anilines is 2. The fourth-order valence-electron chi connectivity index (χ4n) is 5.53. The van der Waals surface area contributed by atoms with Gasteiger partial charge in [-0.1, -0.05) is 0 Å². The monoisotopic (exact) mass is 659 g/mol. The molecule has 2 fully saturated rings. The number of rotatable bonds is 12. The summed E-state index contributed by atoms with van der Waals surface area (Å²) in [6.45, 7) is 0.474. The molecule has 6 heterocycles. The molecule has 4 aromatic heterocycles. The fraction of sp³-hybridized carbons (Fsp3) is 0.538. The number of aliphatic hydroxyl groups excluding tert-OH is 4. The molecule has 8 N–H and O–H groups in total. The molecule has 21 heteroatoms. The van der Waals surface area contributed by atoms with Crippen molar-refractivity contribution < 1.29 is 49.0 Å². The lowest BCUT2D eigenvalue weighted by molar-refractivity contribution is -0.157. The smallest absolute Gasteiger partial charge is 0.320 e. The van der Waals surface area contributed by atoms with E-state index in [0.29, 0.717) is 47.1 Å². The van der Waals surface area contributed by atoms with Crippen LogP contribution in [0.1, 0.15) is 19.4 Å². The van der Waals surface area contributed by atoms with Crippen LogP contribution in [-0.4, -0.2) is 141 Å². The van der Waals surface area contributed by atoms with E-state index in [0.717, 1.165) is 0 Å². The van der Waals surface area contributed by atoms with Gasteiger partial charge in [0, 0.05) is 20.0 Å². The van der Waals surface area contributed by atoms with Crippen molar-refractivity contribution in [3.63, 3.8) is 0 Å². The number of ether oxygens (including phenoxy) is 4. The fourth-order valence-corrected chi connectivity index (χ4v) is 5.53. The van der Waals surface area contributed by atoms with E-state index in [1.165, 1.54) is 41.4 Å². The number of hydrogen-bond donors (Lipinski definition) is 7. The number of esters is 2. The zero-order chi connectivity index (χ0) is 33.2. The van der Waals surface area contributed by atoms with Crippen LogP contribution >= 0.6 is 0 Å². The number of nitrogens with zero attached hydrogens (tertiary/aromatic N) is 8. The van der Waals surface area contributed by atoms with E-state index >= 15 is 0 Å². The van der Waals surface area contributed by atoms with Gasteiger partial charge in [0.25, 0.3) is 0 Å². The Balaban J connectivity index is 1.14. The van der Waals surface area contributed by atoms with Crippen molar-refractivity contribution in [2.24, 2.45) is 5.73 Å². The normalized spacial score (nSPS) is 27.4. The maximum absolute atomic E-state index is 11.9. The molecular formula is C26H33N11O10. The Labute approximate surface area is 264 Å². The summed E-state index contributed by atoms with van der Waals surface area (Å²) < 4.78 is 25.1. The van der Waals surface area contributed by atoms with E-state index in [1.807, 2.05) is 0 Å². The molecular weight excluding hydrogens is 626 g/mol. The molecule has 0 radical (unpaired) electrons. The maximum Gasteiger partial charge on any atom is 0.320 e. The summed E-state index contributed by atoms with van der Waals surface area (Å²) in [4.78, 5) is 49.5. The first kappa shape index (κ1) is 32.3. The molecule has 21 nitrogen and oxygen atoms in total. The molecule has 2 aliphatic heterocycles. The van der Waals surface area contributed by atoms with Gasteiger partial charge in [0.15, 0.2) is 58.6 Å². The molecule has 6 rings (SSSR count). The van der Waals surface area contributed by atoms with E-state index < -0.39 is 80.8 Å². The third-order valence-corrected chi connectivity index (χ3v) is 7.70. The van der Waals surface area contributed by atoms with Gasteiger partial charge in [0.1, 0.15) is 37.1 Å². The molecule has 0 aliphatic carbocycles. The van der Waals surface area contributed by atoms with Crippen LogP contribution in [0.5, 0.6) is 0 Å². The number of nitrogens with one attached hydrogen (secondary N) is 2. The van der Waals surface area contributed by atoms with Crippen molar-refractivity contribution in [1.82, 2.24) is 39.0 Å². The Morgan fingerprint density at radius 3 is 1.70 bits per heavy atom. The van der Waals surface area contributed by atoms with Crippen molar-refractivity contribution in [3.8, 4) is 0 Å². The lowest BCUT2D eigenvalue weighted by atomic mass is 10.1. The number of carbonyl (C=O) groups excluding carboxylic acids is 2. The predicted molar refractivity (Wildman–Crippen MR) is 156 cm³/mol. The van der Waals surface area contributed by atoms with E-state index in [-0.39, 0.29) is 0 Å². The third kappa shape index (κ3) is 6.12. The standard InChI is InChI=1S/C26H33N11O10/c1-11(40)44-19-17(42)12(5-38)45-25(19)36-9-34-15-21(30-7-32-23(15)36)28-2-3-29-22-16-24(33-8-31-22)37(10-35-16)26-20(47-14(41)4-27)18(43)13(6-39)46-26/h7-10,12-13,17-20,25-26,38-39,42-43H,2-6,27H2,1H3,(H,28,30,32)(H,29,31,33)/t12-,13-,17-,18-,19-,20-,25-,26-/m1/s1. The first-order valence-electron chi connectivity index (χ1n) is 14.5. The molecule has 2 saturated heterocycles. The van der Waals surface area contributed by atoms with Crippen molar-refractivity contribution in [3.05, 3.63) is 25.3 Å². The Hall–Kier alpha value is -4.64. The summed E-state index contributed by atoms with van der Waals surface area (Å²) >= 11 is 0. The molecule has 4 aromatic rings. The summed E-state index contributed by atoms with van der Waals surface area (Å²) in [5.74, 6) is -0.606. The highest BCUT2D eigenvalue weighted by molar-refractivity contribution is 5.84. The molecule has 2 aliphatic rings. The number of fused-ring (bicyclic) bond motifs is 2. The van der Waals surface area contributed by atoms with Crippen LogP contribution in [0, 0.1) is 0 Å². The van der Waals surface area contributed by atoms with Crippen LogP contribution in [0.2, 0.25) is 0 Å². The number of aromatic nitrogens is 8. The first-order chi connectivity index (χ1) is 22.7. The van der Waals surface area contributed by atoms with Crippen LogP contribution in [0.4, 0.5) is 11.6 Å². The van der Waals surface area contributed by atoms with Crippen LogP contribution in [0.3, 0.4) is 0 Å². The number of carbonyl (C=O) groups is 2. The van der Waals surface area contributed by atoms with Crippen LogP contribution in [0.25, 0.3) is 22.3 Å². The van der Waals surface area contributed by atoms with E-state index in [2.05, 4.69) is 40.5 Å². The summed E-state index contributed by atoms with van der Waals surface area (Å²) in [6.07, 6.45) is -3.42. The lowest BCUT2D eigenvalue weighted by Crippen LogP contribution is -2.38. The minimum atomic E-state index is -1.31. The lowest BCUT2D eigenvalue weighted by Gasteiger charge is -2.21. The number of nitrogens with two attached hydrogens (primary N) is 1. The molecule has 0 aromatic carbocycles. The Kier molecular flexibility index (Phi) is 9.35. The molecule has 0 saturated carbocycles. The summed E-state index contributed by atoms with van der Waals surface area (Å²) in [7, 11) is 0. The zero-order valence-corrected chi connectivity index (χ0v) is 24.9. The van der Waals surface area contributed by atoms with Crippen LogP contribution < -0.4 is 16.4 Å². The molecule has 0 spiro atoms. The largest absolute Gasteiger partial charge is 0.455 e. The SMILES string of the molecule is CC(=O)O[C@@H]1[C@H](O)[C@@H](CO)O[C@H]1n1cnc2c(NCCNc3ncnc4c3ncn4[C@@H]3O[C@H](CO)[C@@H](O)[C@H]3OC(=O)CN)ncnc21. The molecule has 0 unspecified atom stereocenters. The Morgan fingerprint density at radius 2 is 1.28 bits per heavy atom. The van der Waals surface area contributed by atoms with Crippen LogP contribution in [0.15, 0.2) is 25.3 Å². The van der Waals surface area contributed by atoms with E-state index in [9.17, 15) is 30.0 Å². The number of hydrogen-bond acceptors (Lipinski definition) is 19. The van der Waals surface area contributed by atoms with Gasteiger partial charge in [-0.25, -0.2) is 29.9 Å². The highest BCUT2D eigenvalue weighted by Crippen LogP contribution is 2.35. The molecule has 252 valence electrons. The van der Waals surface area contributed by atoms with Crippen molar-refractivity contribution in [2.75, 3.05) is 43.5 Å². The van der Waals surface area contributed by atoms with E-state index in [1.54, 1.807) is 0 Å². The summed E-state index contributed by atoms with van der Waals surface area (Å²) in [6, 6.07) is 0. The molecule has 0 bridgehead atoms. The molecule has 8 atom stereocenters. The first-order valence-corrected chi connectivity index (χ1v) is 14.5. The second-order valence-electron chi connectivity index (χ2n) is 10.7. The Morgan fingerprint density at radius 1 is 0.809 bits per heavy atom. The van der Waals surface area contributed by atoms with Gasteiger partial charge in [-0.3, -0.25) is 18.7 Å². The van der Waals surface area contributed by atoms with E-state index in [4.69, 9.17) is 24.7 Å². The van der Waals surface area contributed by atoms with Gasteiger partial charge in [0.05, 0.1) is 32.4 Å². The molecule has 0 amide bonds. The minimum Gasteiger partial charge on any atom is -0.455 e. The van der Waals surface area contributed by atoms with Crippen molar-refractivity contribution in [2.45, 2.75) is 56.0 Å². The van der Waals surface area contributed by atoms with Crippen LogP contribution in [-0.2, 0) is 28.5 Å². The number of imidazole rings is 2. The topological polar surface area (TPSA) is 289 Å². The van der Waals surface area contributed by atoms with Gasteiger partial charge in [-0.2, -0.15) is 0 Å². The second-order valence-corrected chi connectivity index (χ2v) is 10.7. The average Bonchev–Trinajstić information content (AvgIpc) is 3.84. The minimum absolute atomic E-state index is 0.317. The average molecular weight is 660 g/mol. The summed E-state index contributed by atoms with van der Waals surface area (Å²) in [5.41, 5.74) is 6.78. The van der Waals surface area contributed by atoms with Gasteiger partial charge in [0.2, 0.25) is 0 Å². The zero-order valence-electron chi connectivity index (χ0n) is 24.9. The van der Waals surface area contributed by atoms with Gasteiger partial charge in [-0.15, -0.1) is 0 Å². The second kappa shape index (κ2) is 13.6. The highest BCUT2D eigenvalue weighted by Gasteiger charge is 2.48. The van der Waals surface area contributed by atoms with Crippen molar-refractivity contribution >= 4 is 45.9 Å². The maximum atomic E-state index is 11.9. The summed E-state index contributed by atoms with van der Waals surface area (Å²) in [5, 5.41) is 46.7. The highest BCUT2D eigenvalue weighted by atomic mass is 16.6. The third-order valence-electron chi connectivity index (χ3n) is 7.70. The predicted octanol–water partition coefficient (Wildman–Crippen LogP) is -3.21. The van der Waals surface area contributed by atoms with Gasteiger partial charge < -0.3 is 55.7 Å². The number of aliphatic hydroxyl groups is 4. The van der Waals surface area contributed by atoms with Crippen molar-refractivity contribution in [1.29, 1.82) is 0 Å².